The second kappa shape index (κ2) is 13.1. The van der Waals surface area contributed by atoms with Crippen LogP contribution in [0.25, 0.3) is 0 Å². The van der Waals surface area contributed by atoms with E-state index in [9.17, 15) is 19.5 Å². The fourth-order valence-electron chi connectivity index (χ4n) is 6.88. The van der Waals surface area contributed by atoms with Crippen LogP contribution in [0.4, 0.5) is 0 Å². The van der Waals surface area contributed by atoms with Crippen molar-refractivity contribution >= 4 is 17.8 Å². The minimum Gasteiger partial charge on any atom is -0.465 e. The third kappa shape index (κ3) is 5.75. The molecule has 8 nitrogen and oxygen atoms in total. The molecule has 1 aromatic rings. The number of aliphatic hydroxyl groups excluding tert-OH is 1. The average molecular weight is 553 g/mol. The summed E-state index contributed by atoms with van der Waals surface area (Å²) in [6, 6.07) is 8.16. The van der Waals surface area contributed by atoms with Crippen LogP contribution in [0.2, 0.25) is 0 Å². The number of esters is 1. The molecule has 1 spiro atoms. The number of unbranched alkanes of at least 4 members (excludes halogenated alkanes) is 2. The lowest BCUT2D eigenvalue weighted by atomic mass is 9.70. The molecular formula is C32H44N2O6. The number of amides is 2. The summed E-state index contributed by atoms with van der Waals surface area (Å²) in [5.74, 6) is -2.38. The maximum absolute atomic E-state index is 14.5. The lowest BCUT2D eigenvalue weighted by Gasteiger charge is -2.39. The molecule has 40 heavy (non-hydrogen) atoms. The Morgan fingerprint density at radius 3 is 2.62 bits per heavy atom. The maximum atomic E-state index is 14.5. The molecule has 0 saturated carbocycles. The third-order valence-electron chi connectivity index (χ3n) is 8.52. The van der Waals surface area contributed by atoms with Crippen molar-refractivity contribution < 1.29 is 29.0 Å². The lowest BCUT2D eigenvalue weighted by Crippen LogP contribution is -2.58. The number of benzene rings is 1. The zero-order valence-electron chi connectivity index (χ0n) is 23.9. The smallest absolute Gasteiger partial charge is 0.312 e. The highest BCUT2D eigenvalue weighted by atomic mass is 16.6. The summed E-state index contributed by atoms with van der Waals surface area (Å²) in [5.41, 5.74) is -0.177. The topological polar surface area (TPSA) is 96.4 Å². The number of nitrogens with zero attached hydrogens (tertiary/aromatic N) is 2. The van der Waals surface area contributed by atoms with Crippen molar-refractivity contribution in [3.05, 3.63) is 61.2 Å². The average Bonchev–Trinajstić information content (AvgIpc) is 3.59. The second-order valence-electron chi connectivity index (χ2n) is 11.7. The van der Waals surface area contributed by atoms with E-state index in [1.165, 1.54) is 0 Å². The first-order valence-electron chi connectivity index (χ1n) is 14.6. The van der Waals surface area contributed by atoms with Gasteiger partial charge in [-0.05, 0) is 50.0 Å². The first kappa shape index (κ1) is 30.0. The molecule has 3 fully saturated rings. The van der Waals surface area contributed by atoms with Crippen molar-refractivity contribution in [3.63, 3.8) is 0 Å². The van der Waals surface area contributed by atoms with Crippen molar-refractivity contribution in [1.82, 2.24) is 9.80 Å². The van der Waals surface area contributed by atoms with E-state index >= 15 is 0 Å². The van der Waals surface area contributed by atoms with Crippen molar-refractivity contribution in [2.45, 2.75) is 82.7 Å². The third-order valence-corrected chi connectivity index (χ3v) is 8.52. The molecule has 3 aliphatic rings. The van der Waals surface area contributed by atoms with Gasteiger partial charge in [-0.3, -0.25) is 14.4 Å². The molecule has 3 saturated heterocycles. The van der Waals surface area contributed by atoms with Gasteiger partial charge >= 0.3 is 5.97 Å². The number of hydrogen-bond acceptors (Lipinski definition) is 6. The Morgan fingerprint density at radius 1 is 1.23 bits per heavy atom. The monoisotopic (exact) mass is 552 g/mol. The highest BCUT2D eigenvalue weighted by molar-refractivity contribution is 5.98. The lowest BCUT2D eigenvalue weighted by molar-refractivity contribution is -0.157. The Kier molecular flexibility index (Phi) is 9.85. The molecule has 0 aromatic heterocycles. The molecular weight excluding hydrogens is 508 g/mol. The number of likely N-dealkylation sites (tertiary alicyclic amines) is 1. The summed E-state index contributed by atoms with van der Waals surface area (Å²) in [7, 11) is 0. The highest BCUT2D eigenvalue weighted by Crippen LogP contribution is 2.59. The number of allylic oxidation sites excluding steroid dienone is 1. The van der Waals surface area contributed by atoms with E-state index in [4.69, 9.17) is 9.47 Å². The molecule has 1 N–H and O–H groups in total. The van der Waals surface area contributed by atoms with Gasteiger partial charge in [0.2, 0.25) is 11.8 Å². The van der Waals surface area contributed by atoms with Crippen LogP contribution in [-0.2, 0) is 30.4 Å². The van der Waals surface area contributed by atoms with Gasteiger partial charge in [0, 0.05) is 13.1 Å². The van der Waals surface area contributed by atoms with Crippen LogP contribution in [0.3, 0.4) is 0 Å². The van der Waals surface area contributed by atoms with Crippen LogP contribution in [-0.4, -0.2) is 76.2 Å². The normalized spacial score (nSPS) is 27.5. The Hall–Kier alpha value is -2.97. The summed E-state index contributed by atoms with van der Waals surface area (Å²) in [4.78, 5) is 45.4. The van der Waals surface area contributed by atoms with E-state index in [0.717, 1.165) is 18.4 Å². The zero-order chi connectivity index (χ0) is 28.9. The Balaban J connectivity index is 1.68. The summed E-state index contributed by atoms with van der Waals surface area (Å²) in [6.07, 6.45) is 7.06. The van der Waals surface area contributed by atoms with Gasteiger partial charge in [0.15, 0.2) is 0 Å². The summed E-state index contributed by atoms with van der Waals surface area (Å²) < 4.78 is 12.2. The molecule has 0 radical (unpaired) electrons. The Bertz CT molecular complexity index is 1070. The number of carbonyl (C=O) groups excluding carboxylic acids is 3. The number of aliphatic hydroxyl groups is 1. The fourth-order valence-corrected chi connectivity index (χ4v) is 6.88. The molecule has 2 unspecified atom stereocenters. The van der Waals surface area contributed by atoms with Gasteiger partial charge in [-0.1, -0.05) is 56.3 Å². The molecule has 4 rings (SSSR count). The van der Waals surface area contributed by atoms with E-state index in [-0.39, 0.29) is 30.9 Å². The van der Waals surface area contributed by atoms with Gasteiger partial charge in [-0.25, -0.2) is 0 Å². The predicted molar refractivity (Wildman–Crippen MR) is 152 cm³/mol. The van der Waals surface area contributed by atoms with Gasteiger partial charge in [-0.15, -0.1) is 13.2 Å². The van der Waals surface area contributed by atoms with E-state index in [0.29, 0.717) is 38.8 Å². The zero-order valence-corrected chi connectivity index (χ0v) is 23.9. The van der Waals surface area contributed by atoms with E-state index in [2.05, 4.69) is 13.2 Å². The van der Waals surface area contributed by atoms with E-state index in [1.54, 1.807) is 15.9 Å². The van der Waals surface area contributed by atoms with Gasteiger partial charge < -0.3 is 24.4 Å². The van der Waals surface area contributed by atoms with Gasteiger partial charge in [0.05, 0.1) is 37.2 Å². The fraction of sp³-hybridized carbons (Fsp3) is 0.594. The molecule has 2 bridgehead atoms. The summed E-state index contributed by atoms with van der Waals surface area (Å²) in [6.45, 7) is 12.2. The van der Waals surface area contributed by atoms with Crippen LogP contribution >= 0.6 is 0 Å². The molecule has 3 aliphatic heterocycles. The number of carbonyl (C=O) groups is 3. The highest BCUT2D eigenvalue weighted by Gasteiger charge is 2.75. The van der Waals surface area contributed by atoms with E-state index < -0.39 is 41.6 Å². The number of ether oxygens (including phenoxy) is 2. The molecule has 1 aromatic carbocycles. The Labute approximate surface area is 238 Å². The molecule has 2 amide bonds. The standard InChI is InChI=1S/C32H44N2O6/c1-5-7-8-12-18-39-31(38)26-25-15-16-32(40-25)27(26)29(36)34(24(21-35)19-22(3)4)28(32)30(37)33(17-6-2)20-23-13-10-9-11-14-23/h5-6,9-11,13-14,22,24-28,35H,1-2,7-8,12,15-21H2,3-4H3/t24-,25+,26-,27+,28?,32?/m1/s1. The first-order valence-corrected chi connectivity index (χ1v) is 14.6. The summed E-state index contributed by atoms with van der Waals surface area (Å²) >= 11 is 0. The SMILES string of the molecule is C=CCCCCOC(=O)[C@@H]1[C@@H]2CCC3(O2)C(C(=O)N(CC=C)Cc2ccccc2)N([C@@H](CO)CC(C)C)C(=O)[C@H]13. The molecule has 6 atom stereocenters. The minimum absolute atomic E-state index is 0.181. The molecule has 0 aliphatic carbocycles. The molecule has 218 valence electrons. The summed E-state index contributed by atoms with van der Waals surface area (Å²) in [5, 5.41) is 10.4. The van der Waals surface area contributed by atoms with E-state index in [1.807, 2.05) is 50.3 Å². The van der Waals surface area contributed by atoms with Gasteiger partial charge in [0.25, 0.3) is 0 Å². The molecule has 3 heterocycles. The minimum atomic E-state index is -1.13. The van der Waals surface area contributed by atoms with Gasteiger partial charge in [0.1, 0.15) is 11.6 Å². The van der Waals surface area contributed by atoms with Crippen molar-refractivity contribution in [2.24, 2.45) is 17.8 Å². The van der Waals surface area contributed by atoms with Crippen LogP contribution in [0.1, 0.15) is 57.9 Å². The number of fused-ring (bicyclic) bond motifs is 1. The van der Waals surface area contributed by atoms with Crippen molar-refractivity contribution in [3.8, 4) is 0 Å². The van der Waals surface area contributed by atoms with Crippen molar-refractivity contribution in [1.29, 1.82) is 0 Å². The predicted octanol–water partition coefficient (Wildman–Crippen LogP) is 3.88. The number of rotatable bonds is 15. The first-order chi connectivity index (χ1) is 19.3. The van der Waals surface area contributed by atoms with Crippen LogP contribution in [0.15, 0.2) is 55.6 Å². The second-order valence-corrected chi connectivity index (χ2v) is 11.7. The maximum Gasteiger partial charge on any atom is 0.312 e. The quantitative estimate of drug-likeness (QED) is 0.202. The Morgan fingerprint density at radius 2 is 1.98 bits per heavy atom. The van der Waals surface area contributed by atoms with Crippen LogP contribution in [0, 0.1) is 17.8 Å². The number of hydrogen-bond donors (Lipinski definition) is 1. The largest absolute Gasteiger partial charge is 0.465 e. The van der Waals surface area contributed by atoms with Gasteiger partial charge in [-0.2, -0.15) is 0 Å². The van der Waals surface area contributed by atoms with Crippen LogP contribution in [0.5, 0.6) is 0 Å². The molecule has 8 heteroatoms. The van der Waals surface area contributed by atoms with Crippen molar-refractivity contribution in [2.75, 3.05) is 19.8 Å². The van der Waals surface area contributed by atoms with Crippen LogP contribution < -0.4 is 0 Å².